The molecule has 2 aromatic rings. The summed E-state index contributed by atoms with van der Waals surface area (Å²) in [5.41, 5.74) is 3.17. The Kier molecular flexibility index (Phi) is 5.51. The van der Waals surface area contributed by atoms with Gasteiger partial charge < -0.3 is 24.8 Å². The first kappa shape index (κ1) is 14.3. The molecule has 0 amide bonds. The number of halogens is 2. The molecule has 0 saturated heterocycles. The van der Waals surface area contributed by atoms with Crippen LogP contribution in [0.1, 0.15) is 11.1 Å². The molecular formula is C11H9Cl2Zr. The molecule has 1 aliphatic rings. The van der Waals surface area contributed by atoms with Crippen molar-refractivity contribution in [3.63, 3.8) is 0 Å². The maximum atomic E-state index is 2.33. The normalized spacial score (nSPS) is 11.4. The van der Waals surface area contributed by atoms with E-state index in [4.69, 9.17) is 0 Å². The first-order chi connectivity index (χ1) is 5.45. The van der Waals surface area contributed by atoms with Crippen molar-refractivity contribution in [3.05, 3.63) is 41.5 Å². The topological polar surface area (TPSA) is 0 Å². The Morgan fingerprint density at radius 3 is 2.36 bits per heavy atom. The van der Waals surface area contributed by atoms with Crippen molar-refractivity contribution in [2.75, 3.05) is 0 Å². The number of hydrogen-bond donors (Lipinski definition) is 0. The van der Waals surface area contributed by atoms with Crippen molar-refractivity contribution in [1.82, 2.24) is 0 Å². The Labute approximate surface area is 115 Å². The molecule has 0 fully saturated rings. The maximum absolute atomic E-state index is 2.33. The molecule has 0 saturated carbocycles. The predicted octanol–water partition coefficient (Wildman–Crippen LogP) is -3.34. The van der Waals surface area contributed by atoms with E-state index in [2.05, 4.69) is 30.3 Å². The number of hydrogen-bond acceptors (Lipinski definition) is 0. The zero-order valence-electron chi connectivity index (χ0n) is 7.56. The molecular weight excluding hydrogens is 294 g/mol. The van der Waals surface area contributed by atoms with Crippen LogP contribution in [0.4, 0.5) is 0 Å². The van der Waals surface area contributed by atoms with Gasteiger partial charge in [0.05, 0.1) is 0 Å². The Bertz CT molecular complexity index is 420. The summed E-state index contributed by atoms with van der Waals surface area (Å²) in [6.07, 6.45) is 2.59. The minimum atomic E-state index is 0. The second-order valence-corrected chi connectivity index (χ2v) is 3.24. The summed E-state index contributed by atoms with van der Waals surface area (Å²) >= 11 is 0. The van der Waals surface area contributed by atoms with E-state index in [1.807, 2.05) is 0 Å². The van der Waals surface area contributed by atoms with Crippen LogP contribution < -0.4 is 24.8 Å². The first-order valence-electron chi connectivity index (χ1n) is 4.11. The van der Waals surface area contributed by atoms with E-state index >= 15 is 0 Å². The van der Waals surface area contributed by atoms with Crippen LogP contribution in [-0.4, -0.2) is 0 Å². The van der Waals surface area contributed by atoms with Gasteiger partial charge in [0.2, 0.25) is 0 Å². The van der Waals surface area contributed by atoms with E-state index in [-0.39, 0.29) is 51.0 Å². The smallest absolute Gasteiger partial charge is 1.00 e. The molecule has 3 rings (SSSR count). The van der Waals surface area contributed by atoms with Crippen molar-refractivity contribution >= 4 is 10.8 Å². The van der Waals surface area contributed by atoms with E-state index in [1.54, 1.807) is 11.1 Å². The monoisotopic (exact) mass is 301 g/mol. The molecule has 1 aliphatic carbocycles. The van der Waals surface area contributed by atoms with Crippen LogP contribution in [0, 0.1) is 0 Å². The van der Waals surface area contributed by atoms with Crippen LogP contribution in [0.5, 0.6) is 0 Å². The fourth-order valence-corrected chi connectivity index (χ4v) is 1.95. The van der Waals surface area contributed by atoms with E-state index in [1.165, 1.54) is 23.6 Å². The summed E-state index contributed by atoms with van der Waals surface area (Å²) in [7, 11) is 0. The Morgan fingerprint density at radius 1 is 1.00 bits per heavy atom. The number of aryl methyl sites for hydroxylation is 2. The minimum Gasteiger partial charge on any atom is -1.00 e. The van der Waals surface area contributed by atoms with Crippen LogP contribution >= 0.6 is 0 Å². The standard InChI is InChI=1S/C11H9.2ClH.Zr/c1-2-4-10-8(3-1)7-9-5-6-11(9)10;;;/h1-4,7H,5-6H2;2*1H;/q-1;;;+3/p-2. The third-order valence-corrected chi connectivity index (χ3v) is 2.65. The number of benzene rings is 1. The summed E-state index contributed by atoms with van der Waals surface area (Å²) in [6.45, 7) is 0. The van der Waals surface area contributed by atoms with Crippen molar-refractivity contribution in [2.45, 2.75) is 12.8 Å². The van der Waals surface area contributed by atoms with Crippen LogP contribution in [-0.2, 0) is 39.0 Å². The third-order valence-electron chi connectivity index (χ3n) is 2.65. The van der Waals surface area contributed by atoms with Crippen LogP contribution in [0.25, 0.3) is 10.8 Å². The quantitative estimate of drug-likeness (QED) is 0.447. The van der Waals surface area contributed by atoms with Crippen molar-refractivity contribution in [2.24, 2.45) is 0 Å². The Morgan fingerprint density at radius 2 is 1.71 bits per heavy atom. The van der Waals surface area contributed by atoms with Gasteiger partial charge in [-0.05, 0) is 0 Å². The summed E-state index contributed by atoms with van der Waals surface area (Å²) < 4.78 is 0. The van der Waals surface area contributed by atoms with Gasteiger partial charge >= 0.3 is 26.2 Å². The van der Waals surface area contributed by atoms with Gasteiger partial charge in [-0.15, -0.1) is 46.2 Å². The zero-order chi connectivity index (χ0) is 7.26. The first-order valence-corrected chi connectivity index (χ1v) is 4.11. The Hall–Kier alpha value is 0.293. The maximum Gasteiger partial charge on any atom is 3.00 e. The molecule has 71 valence electrons. The van der Waals surface area contributed by atoms with Gasteiger partial charge in [-0.25, -0.2) is 0 Å². The van der Waals surface area contributed by atoms with E-state index in [9.17, 15) is 0 Å². The second-order valence-electron chi connectivity index (χ2n) is 3.24. The van der Waals surface area contributed by atoms with Gasteiger partial charge in [-0.1, -0.05) is 18.9 Å². The molecule has 1 radical (unpaired) electrons. The molecule has 0 nitrogen and oxygen atoms in total. The third kappa shape index (κ3) is 1.96. The molecule has 0 atom stereocenters. The van der Waals surface area contributed by atoms with E-state index in [0.717, 1.165) is 0 Å². The SMILES string of the molecule is [Cl-].[Cl-].[Zr+3].c1ccc2c3c([cH-]c2c1)CC3. The van der Waals surface area contributed by atoms with Gasteiger partial charge in [0.1, 0.15) is 0 Å². The van der Waals surface area contributed by atoms with E-state index < -0.39 is 0 Å². The summed E-state index contributed by atoms with van der Waals surface area (Å²) in [6, 6.07) is 11.0. The van der Waals surface area contributed by atoms with Crippen LogP contribution in [0.2, 0.25) is 0 Å². The fraction of sp³-hybridized carbons (Fsp3) is 0.182. The van der Waals surface area contributed by atoms with Crippen molar-refractivity contribution in [1.29, 1.82) is 0 Å². The largest absolute Gasteiger partial charge is 3.00 e. The number of fused-ring (bicyclic) bond motifs is 3. The molecule has 0 spiro atoms. The van der Waals surface area contributed by atoms with Gasteiger partial charge in [-0.3, -0.25) is 0 Å². The molecule has 0 heterocycles. The molecule has 3 heteroatoms. The second kappa shape index (κ2) is 5.40. The van der Waals surface area contributed by atoms with Gasteiger partial charge in [0.15, 0.2) is 0 Å². The number of rotatable bonds is 0. The molecule has 14 heavy (non-hydrogen) atoms. The summed E-state index contributed by atoms with van der Waals surface area (Å²) in [5.74, 6) is 0. The average molecular weight is 303 g/mol. The summed E-state index contributed by atoms with van der Waals surface area (Å²) in [4.78, 5) is 0. The van der Waals surface area contributed by atoms with Gasteiger partial charge in [0, 0.05) is 0 Å². The minimum absolute atomic E-state index is 0. The molecule has 0 aromatic heterocycles. The fourth-order valence-electron chi connectivity index (χ4n) is 1.95. The van der Waals surface area contributed by atoms with E-state index in [0.29, 0.717) is 0 Å². The van der Waals surface area contributed by atoms with Crippen LogP contribution in [0.15, 0.2) is 30.3 Å². The summed E-state index contributed by atoms with van der Waals surface area (Å²) in [5, 5.41) is 2.91. The molecule has 2 aromatic carbocycles. The predicted molar refractivity (Wildman–Crippen MR) is 46.9 cm³/mol. The molecule has 0 unspecified atom stereocenters. The average Bonchev–Trinajstić information content (AvgIpc) is 2.23. The Balaban J connectivity index is 0.000000563. The van der Waals surface area contributed by atoms with Crippen LogP contribution in [0.3, 0.4) is 0 Å². The van der Waals surface area contributed by atoms with Gasteiger partial charge in [0.25, 0.3) is 0 Å². The van der Waals surface area contributed by atoms with Crippen molar-refractivity contribution < 1.29 is 51.0 Å². The molecule has 0 aliphatic heterocycles. The van der Waals surface area contributed by atoms with Crippen molar-refractivity contribution in [3.8, 4) is 0 Å². The van der Waals surface area contributed by atoms with Gasteiger partial charge in [-0.2, -0.15) is 0 Å². The molecule has 0 bridgehead atoms. The zero-order valence-corrected chi connectivity index (χ0v) is 11.5. The molecule has 0 N–H and O–H groups in total.